The van der Waals surface area contributed by atoms with Gasteiger partial charge >= 0.3 is 0 Å². The molecule has 8 heteroatoms. The SMILES string of the molecule is CN(C)CCOc1ccc(C(=O)N/N=C/c2cc(Br)c(O)c(Br)c2)cc1. The largest absolute Gasteiger partial charge is 0.506 e. The van der Waals surface area contributed by atoms with E-state index >= 15 is 0 Å². The number of hydrogen-bond donors (Lipinski definition) is 2. The van der Waals surface area contributed by atoms with E-state index in [-0.39, 0.29) is 11.7 Å². The van der Waals surface area contributed by atoms with E-state index in [2.05, 4.69) is 42.4 Å². The summed E-state index contributed by atoms with van der Waals surface area (Å²) >= 11 is 6.49. The van der Waals surface area contributed by atoms with E-state index in [1.54, 1.807) is 36.4 Å². The Morgan fingerprint density at radius 2 is 1.85 bits per heavy atom. The predicted molar refractivity (Wildman–Crippen MR) is 109 cm³/mol. The highest BCUT2D eigenvalue weighted by Gasteiger charge is 2.06. The number of benzene rings is 2. The molecule has 0 aliphatic heterocycles. The number of carbonyl (C=O) groups excluding carboxylic acids is 1. The number of nitrogens with zero attached hydrogens (tertiary/aromatic N) is 2. The molecule has 2 rings (SSSR count). The maximum atomic E-state index is 12.1. The van der Waals surface area contributed by atoms with Gasteiger partial charge in [0.15, 0.2) is 0 Å². The molecule has 0 aromatic heterocycles. The van der Waals surface area contributed by atoms with Gasteiger partial charge in [-0.25, -0.2) is 5.43 Å². The van der Waals surface area contributed by atoms with Gasteiger partial charge in [-0.05, 0) is 87.9 Å². The van der Waals surface area contributed by atoms with Crippen molar-refractivity contribution in [3.63, 3.8) is 0 Å². The zero-order valence-corrected chi connectivity index (χ0v) is 17.5. The number of ether oxygens (including phenoxy) is 1. The van der Waals surface area contributed by atoms with Crippen molar-refractivity contribution in [3.05, 3.63) is 56.5 Å². The van der Waals surface area contributed by atoms with E-state index in [9.17, 15) is 9.90 Å². The summed E-state index contributed by atoms with van der Waals surface area (Å²) in [4.78, 5) is 14.1. The molecular formula is C18H19Br2N3O3. The molecule has 0 saturated carbocycles. The quantitative estimate of drug-likeness (QED) is 0.465. The molecule has 26 heavy (non-hydrogen) atoms. The predicted octanol–water partition coefficient (Wildman–Crippen LogP) is 3.62. The van der Waals surface area contributed by atoms with Gasteiger partial charge in [-0.15, -0.1) is 0 Å². The van der Waals surface area contributed by atoms with Gasteiger partial charge in [0.05, 0.1) is 15.2 Å². The van der Waals surface area contributed by atoms with Crippen LogP contribution in [0.5, 0.6) is 11.5 Å². The van der Waals surface area contributed by atoms with E-state index in [1.165, 1.54) is 6.21 Å². The van der Waals surface area contributed by atoms with Gasteiger partial charge in [-0.2, -0.15) is 5.10 Å². The molecule has 0 aliphatic carbocycles. The molecule has 0 atom stereocenters. The van der Waals surface area contributed by atoms with Crippen molar-refractivity contribution in [2.45, 2.75) is 0 Å². The van der Waals surface area contributed by atoms with E-state index in [0.29, 0.717) is 32.4 Å². The van der Waals surface area contributed by atoms with Crippen LogP contribution in [0.15, 0.2) is 50.4 Å². The minimum atomic E-state index is -0.321. The standard InChI is InChI=1S/C18H19Br2N3O3/c1-23(2)7-8-26-14-5-3-13(4-6-14)18(25)22-21-11-12-9-15(19)17(24)16(20)10-12/h3-6,9-11,24H,7-8H2,1-2H3,(H,22,25)/b21-11+. The molecule has 0 radical (unpaired) electrons. The fourth-order valence-corrected chi connectivity index (χ4v) is 3.16. The van der Waals surface area contributed by atoms with Crippen LogP contribution in [0.1, 0.15) is 15.9 Å². The number of hydrazone groups is 1. The third kappa shape index (κ3) is 6.12. The molecule has 0 spiro atoms. The van der Waals surface area contributed by atoms with E-state index in [0.717, 1.165) is 6.54 Å². The number of halogens is 2. The summed E-state index contributed by atoms with van der Waals surface area (Å²) in [7, 11) is 3.96. The Bertz CT molecular complexity index is 770. The summed E-state index contributed by atoms with van der Waals surface area (Å²) in [6.07, 6.45) is 1.49. The molecular weight excluding hydrogens is 466 g/mol. The highest BCUT2D eigenvalue weighted by Crippen LogP contribution is 2.32. The molecule has 0 fully saturated rings. The molecule has 2 aromatic carbocycles. The smallest absolute Gasteiger partial charge is 0.271 e. The fourth-order valence-electron chi connectivity index (χ4n) is 1.94. The third-order valence-electron chi connectivity index (χ3n) is 3.34. The van der Waals surface area contributed by atoms with Crippen LogP contribution in [-0.4, -0.2) is 49.4 Å². The summed E-state index contributed by atoms with van der Waals surface area (Å²) in [6, 6.07) is 10.3. The van der Waals surface area contributed by atoms with Crippen molar-refractivity contribution in [2.75, 3.05) is 27.2 Å². The van der Waals surface area contributed by atoms with Gasteiger partial charge < -0.3 is 14.7 Å². The van der Waals surface area contributed by atoms with Gasteiger partial charge in [-0.1, -0.05) is 0 Å². The molecule has 0 bridgehead atoms. The normalized spacial score (nSPS) is 11.1. The van der Waals surface area contributed by atoms with Crippen LogP contribution >= 0.6 is 31.9 Å². The monoisotopic (exact) mass is 483 g/mol. The number of rotatable bonds is 7. The van der Waals surface area contributed by atoms with Gasteiger partial charge in [0.2, 0.25) is 0 Å². The van der Waals surface area contributed by atoms with Gasteiger partial charge in [-0.3, -0.25) is 4.79 Å². The lowest BCUT2D eigenvalue weighted by molar-refractivity contribution is 0.0955. The van der Waals surface area contributed by atoms with Crippen molar-refractivity contribution in [2.24, 2.45) is 5.10 Å². The molecule has 6 nitrogen and oxygen atoms in total. The van der Waals surface area contributed by atoms with Crippen LogP contribution in [0.3, 0.4) is 0 Å². The third-order valence-corrected chi connectivity index (χ3v) is 4.55. The van der Waals surface area contributed by atoms with Crippen molar-refractivity contribution >= 4 is 44.0 Å². The molecule has 1 amide bonds. The number of hydrogen-bond acceptors (Lipinski definition) is 5. The minimum absolute atomic E-state index is 0.110. The first-order valence-corrected chi connectivity index (χ1v) is 9.34. The first kappa shape index (κ1) is 20.4. The first-order valence-electron chi connectivity index (χ1n) is 7.76. The van der Waals surface area contributed by atoms with Crippen LogP contribution in [0.2, 0.25) is 0 Å². The summed E-state index contributed by atoms with van der Waals surface area (Å²) in [5, 5.41) is 13.6. The van der Waals surface area contributed by atoms with Gasteiger partial charge in [0, 0.05) is 12.1 Å². The maximum Gasteiger partial charge on any atom is 0.271 e. The minimum Gasteiger partial charge on any atom is -0.506 e. The van der Waals surface area contributed by atoms with E-state index in [4.69, 9.17) is 4.74 Å². The second-order valence-corrected chi connectivity index (χ2v) is 7.42. The number of aromatic hydroxyl groups is 1. The topological polar surface area (TPSA) is 74.2 Å². The molecule has 2 aromatic rings. The summed E-state index contributed by atoms with van der Waals surface area (Å²) in [5.74, 6) is 0.503. The van der Waals surface area contributed by atoms with Crippen molar-refractivity contribution in [1.29, 1.82) is 0 Å². The van der Waals surface area contributed by atoms with Crippen LogP contribution in [-0.2, 0) is 0 Å². The Kier molecular flexibility index (Phi) is 7.62. The Morgan fingerprint density at radius 3 is 2.42 bits per heavy atom. The average Bonchev–Trinajstić information content (AvgIpc) is 2.59. The zero-order valence-electron chi connectivity index (χ0n) is 14.4. The van der Waals surface area contributed by atoms with Crippen LogP contribution in [0.4, 0.5) is 0 Å². The van der Waals surface area contributed by atoms with Crippen molar-refractivity contribution in [3.8, 4) is 11.5 Å². The number of nitrogens with one attached hydrogen (secondary N) is 1. The number of carbonyl (C=O) groups is 1. The Morgan fingerprint density at radius 1 is 1.23 bits per heavy atom. The zero-order chi connectivity index (χ0) is 19.1. The lowest BCUT2D eigenvalue weighted by Gasteiger charge is -2.11. The van der Waals surface area contributed by atoms with E-state index < -0.39 is 0 Å². The highest BCUT2D eigenvalue weighted by atomic mass is 79.9. The molecule has 0 aliphatic rings. The molecule has 0 heterocycles. The van der Waals surface area contributed by atoms with E-state index in [1.807, 2.05) is 19.0 Å². The molecule has 138 valence electrons. The number of phenols is 1. The van der Waals surface area contributed by atoms with Crippen LogP contribution in [0.25, 0.3) is 0 Å². The number of amides is 1. The maximum absolute atomic E-state index is 12.1. The van der Waals surface area contributed by atoms with Crippen LogP contribution < -0.4 is 10.2 Å². The lowest BCUT2D eigenvalue weighted by atomic mass is 10.2. The summed E-state index contributed by atoms with van der Waals surface area (Å²) in [5.41, 5.74) is 3.66. The number of phenolic OH excluding ortho intramolecular Hbond substituents is 1. The number of likely N-dealkylation sites (N-methyl/N-ethyl adjacent to an activating group) is 1. The van der Waals surface area contributed by atoms with Gasteiger partial charge in [0.25, 0.3) is 5.91 Å². The molecule has 2 N–H and O–H groups in total. The second kappa shape index (κ2) is 9.70. The fraction of sp³-hybridized carbons (Fsp3) is 0.222. The Balaban J connectivity index is 1.91. The second-order valence-electron chi connectivity index (χ2n) is 5.71. The Hall–Kier alpha value is -1.90. The highest BCUT2D eigenvalue weighted by molar-refractivity contribution is 9.11. The van der Waals surface area contributed by atoms with Crippen LogP contribution in [0, 0.1) is 0 Å². The Labute approximate surface area is 169 Å². The average molecular weight is 485 g/mol. The van der Waals surface area contributed by atoms with Crippen molar-refractivity contribution in [1.82, 2.24) is 10.3 Å². The lowest BCUT2D eigenvalue weighted by Crippen LogP contribution is -2.19. The summed E-state index contributed by atoms with van der Waals surface area (Å²) in [6.45, 7) is 1.40. The van der Waals surface area contributed by atoms with Gasteiger partial charge in [0.1, 0.15) is 18.1 Å². The molecule has 0 saturated heterocycles. The first-order chi connectivity index (χ1) is 12.4. The van der Waals surface area contributed by atoms with Crippen molar-refractivity contribution < 1.29 is 14.6 Å². The molecule has 0 unspecified atom stereocenters. The summed E-state index contributed by atoms with van der Waals surface area (Å²) < 4.78 is 6.65.